The van der Waals surface area contributed by atoms with E-state index < -0.39 is 0 Å². The van der Waals surface area contributed by atoms with Crippen LogP contribution in [0.4, 0.5) is 5.69 Å². The SMILES string of the molecule is COc1cc(NCC(=O)N(C(C)C)C(C)C)c2ncccc2c1. The number of pyridine rings is 1. The van der Waals surface area contributed by atoms with E-state index in [2.05, 4.69) is 10.3 Å². The van der Waals surface area contributed by atoms with Crippen LogP contribution in [0.25, 0.3) is 10.9 Å². The number of nitrogens with one attached hydrogen (secondary N) is 1. The number of nitrogens with zero attached hydrogens (tertiary/aromatic N) is 2. The van der Waals surface area contributed by atoms with Crippen LogP contribution in [0.15, 0.2) is 30.5 Å². The van der Waals surface area contributed by atoms with Crippen LogP contribution in [-0.2, 0) is 4.79 Å². The number of fused-ring (bicyclic) bond motifs is 1. The molecule has 0 radical (unpaired) electrons. The molecule has 2 rings (SSSR count). The van der Waals surface area contributed by atoms with Gasteiger partial charge >= 0.3 is 0 Å². The highest BCUT2D eigenvalue weighted by Gasteiger charge is 2.20. The Labute approximate surface area is 137 Å². The van der Waals surface area contributed by atoms with Crippen LogP contribution in [0.3, 0.4) is 0 Å². The average Bonchev–Trinajstić information content (AvgIpc) is 2.51. The molecular formula is C18H25N3O2. The summed E-state index contributed by atoms with van der Waals surface area (Å²) >= 11 is 0. The minimum absolute atomic E-state index is 0.0712. The average molecular weight is 315 g/mol. The minimum atomic E-state index is 0.0712. The summed E-state index contributed by atoms with van der Waals surface area (Å²) in [5.41, 5.74) is 1.64. The summed E-state index contributed by atoms with van der Waals surface area (Å²) in [6, 6.07) is 8.01. The van der Waals surface area contributed by atoms with Crippen LogP contribution < -0.4 is 10.1 Å². The molecule has 1 aromatic carbocycles. The van der Waals surface area contributed by atoms with Crippen LogP contribution in [0.1, 0.15) is 27.7 Å². The predicted molar refractivity (Wildman–Crippen MR) is 93.9 cm³/mol. The van der Waals surface area contributed by atoms with Crippen LogP contribution in [0, 0.1) is 0 Å². The number of aromatic nitrogens is 1. The van der Waals surface area contributed by atoms with Crippen LogP contribution in [-0.4, -0.2) is 41.5 Å². The Bertz CT molecular complexity index is 675. The molecule has 0 saturated carbocycles. The molecule has 0 bridgehead atoms. The van der Waals surface area contributed by atoms with Crippen molar-refractivity contribution in [3.8, 4) is 5.75 Å². The number of rotatable bonds is 6. The molecule has 1 aromatic heterocycles. The number of methoxy groups -OCH3 is 1. The van der Waals surface area contributed by atoms with E-state index in [0.717, 1.165) is 22.3 Å². The minimum Gasteiger partial charge on any atom is -0.497 e. The first-order chi connectivity index (χ1) is 10.9. The largest absolute Gasteiger partial charge is 0.497 e. The van der Waals surface area contributed by atoms with Gasteiger partial charge in [-0.15, -0.1) is 0 Å². The molecule has 0 aliphatic heterocycles. The van der Waals surface area contributed by atoms with Crippen molar-refractivity contribution in [1.82, 2.24) is 9.88 Å². The predicted octanol–water partition coefficient (Wildman–Crippen LogP) is 3.30. The summed E-state index contributed by atoms with van der Waals surface area (Å²) in [5.74, 6) is 0.812. The number of amides is 1. The van der Waals surface area contributed by atoms with E-state index in [1.807, 2.05) is 56.9 Å². The van der Waals surface area contributed by atoms with Gasteiger partial charge in [0, 0.05) is 29.7 Å². The van der Waals surface area contributed by atoms with Crippen molar-refractivity contribution in [3.05, 3.63) is 30.5 Å². The quantitative estimate of drug-likeness (QED) is 0.888. The van der Waals surface area contributed by atoms with E-state index in [9.17, 15) is 4.79 Å². The first-order valence-electron chi connectivity index (χ1n) is 7.91. The molecule has 0 spiro atoms. The molecule has 0 unspecified atom stereocenters. The second-order valence-electron chi connectivity index (χ2n) is 6.09. The van der Waals surface area contributed by atoms with Gasteiger partial charge in [-0.25, -0.2) is 0 Å². The van der Waals surface area contributed by atoms with Crippen molar-refractivity contribution in [3.63, 3.8) is 0 Å². The van der Waals surface area contributed by atoms with E-state index in [1.165, 1.54) is 0 Å². The number of benzene rings is 1. The van der Waals surface area contributed by atoms with Crippen molar-refractivity contribution in [1.29, 1.82) is 0 Å². The van der Waals surface area contributed by atoms with E-state index >= 15 is 0 Å². The molecule has 0 aliphatic rings. The number of hydrogen-bond donors (Lipinski definition) is 1. The second kappa shape index (κ2) is 7.31. The molecule has 124 valence electrons. The lowest BCUT2D eigenvalue weighted by molar-refractivity contribution is -0.132. The van der Waals surface area contributed by atoms with Crippen LogP contribution in [0.2, 0.25) is 0 Å². The van der Waals surface area contributed by atoms with Crippen molar-refractivity contribution in [2.45, 2.75) is 39.8 Å². The lowest BCUT2D eigenvalue weighted by Gasteiger charge is -2.31. The van der Waals surface area contributed by atoms with E-state index in [1.54, 1.807) is 13.3 Å². The molecule has 2 aromatic rings. The molecule has 5 nitrogen and oxygen atoms in total. The molecule has 1 N–H and O–H groups in total. The standard InChI is InChI=1S/C18H25N3O2/c1-12(2)21(13(3)4)17(22)11-20-16-10-15(23-5)9-14-7-6-8-19-18(14)16/h6-10,12-13,20H,11H2,1-5H3. The van der Waals surface area contributed by atoms with Gasteiger partial charge in [0.25, 0.3) is 0 Å². The van der Waals surface area contributed by atoms with Crippen molar-refractivity contribution in [2.24, 2.45) is 0 Å². The maximum absolute atomic E-state index is 12.5. The summed E-state index contributed by atoms with van der Waals surface area (Å²) in [6.07, 6.45) is 1.75. The molecule has 1 amide bonds. The van der Waals surface area contributed by atoms with Gasteiger partial charge in [-0.1, -0.05) is 6.07 Å². The van der Waals surface area contributed by atoms with Gasteiger partial charge in [0.15, 0.2) is 0 Å². The summed E-state index contributed by atoms with van der Waals surface area (Å²) < 4.78 is 5.33. The van der Waals surface area contributed by atoms with Crippen molar-refractivity contribution >= 4 is 22.5 Å². The van der Waals surface area contributed by atoms with Gasteiger partial charge in [-0.2, -0.15) is 0 Å². The van der Waals surface area contributed by atoms with E-state index in [0.29, 0.717) is 0 Å². The highest BCUT2D eigenvalue weighted by molar-refractivity contribution is 5.93. The maximum atomic E-state index is 12.5. The molecule has 1 heterocycles. The molecule has 5 heteroatoms. The van der Waals surface area contributed by atoms with Gasteiger partial charge in [0.1, 0.15) is 5.75 Å². The zero-order valence-corrected chi connectivity index (χ0v) is 14.5. The number of anilines is 1. The molecule has 23 heavy (non-hydrogen) atoms. The Kier molecular flexibility index (Phi) is 5.42. The normalized spacial score (nSPS) is 11.1. The fraction of sp³-hybridized carbons (Fsp3) is 0.444. The third-order valence-corrected chi connectivity index (χ3v) is 3.74. The Morgan fingerprint density at radius 2 is 1.96 bits per heavy atom. The summed E-state index contributed by atoms with van der Waals surface area (Å²) in [5, 5.41) is 4.20. The topological polar surface area (TPSA) is 54.5 Å². The van der Waals surface area contributed by atoms with Crippen molar-refractivity contribution < 1.29 is 9.53 Å². The Balaban J connectivity index is 2.23. The first-order valence-corrected chi connectivity index (χ1v) is 7.91. The number of carbonyl (C=O) groups excluding carboxylic acids is 1. The molecule has 0 saturated heterocycles. The number of hydrogen-bond acceptors (Lipinski definition) is 4. The monoisotopic (exact) mass is 315 g/mol. The maximum Gasteiger partial charge on any atom is 0.242 e. The Morgan fingerprint density at radius 3 is 2.57 bits per heavy atom. The molecule has 0 aliphatic carbocycles. The fourth-order valence-corrected chi connectivity index (χ4v) is 2.85. The van der Waals surface area contributed by atoms with Gasteiger partial charge < -0.3 is 15.0 Å². The van der Waals surface area contributed by atoms with Gasteiger partial charge in [0.05, 0.1) is 24.9 Å². The smallest absolute Gasteiger partial charge is 0.242 e. The summed E-state index contributed by atoms with van der Waals surface area (Å²) in [7, 11) is 1.63. The lowest BCUT2D eigenvalue weighted by atomic mass is 10.1. The zero-order valence-electron chi connectivity index (χ0n) is 14.5. The van der Waals surface area contributed by atoms with Gasteiger partial charge in [-0.05, 0) is 39.8 Å². The highest BCUT2D eigenvalue weighted by Crippen LogP contribution is 2.27. The zero-order chi connectivity index (χ0) is 17.0. The Hall–Kier alpha value is -2.30. The second-order valence-corrected chi connectivity index (χ2v) is 6.09. The van der Waals surface area contributed by atoms with E-state index in [-0.39, 0.29) is 24.5 Å². The van der Waals surface area contributed by atoms with Crippen LogP contribution in [0.5, 0.6) is 5.75 Å². The Morgan fingerprint density at radius 1 is 1.26 bits per heavy atom. The highest BCUT2D eigenvalue weighted by atomic mass is 16.5. The molecular weight excluding hydrogens is 290 g/mol. The number of carbonyl (C=O) groups is 1. The molecule has 0 atom stereocenters. The van der Waals surface area contributed by atoms with Gasteiger partial charge in [0.2, 0.25) is 5.91 Å². The molecule has 0 fully saturated rings. The summed E-state index contributed by atoms with van der Waals surface area (Å²) in [6.45, 7) is 8.34. The van der Waals surface area contributed by atoms with Gasteiger partial charge in [-0.3, -0.25) is 9.78 Å². The first kappa shape index (κ1) is 17.1. The van der Waals surface area contributed by atoms with E-state index in [4.69, 9.17) is 4.74 Å². The summed E-state index contributed by atoms with van der Waals surface area (Å²) in [4.78, 5) is 18.8. The third-order valence-electron chi connectivity index (χ3n) is 3.74. The van der Waals surface area contributed by atoms with Crippen LogP contribution >= 0.6 is 0 Å². The third kappa shape index (κ3) is 3.92. The van der Waals surface area contributed by atoms with Crippen molar-refractivity contribution in [2.75, 3.05) is 19.0 Å². The fourth-order valence-electron chi connectivity index (χ4n) is 2.85. The number of ether oxygens (including phenoxy) is 1. The lowest BCUT2D eigenvalue weighted by Crippen LogP contribution is -2.44.